The maximum atomic E-state index is 12.3. The highest BCUT2D eigenvalue weighted by molar-refractivity contribution is 6.56. The molecule has 0 aromatic heterocycles. The number of carbonyl (C=O) groups is 1. The van der Waals surface area contributed by atoms with E-state index in [-0.39, 0.29) is 13.2 Å². The number of halogens is 3. The van der Waals surface area contributed by atoms with Gasteiger partial charge in [0.25, 0.3) is 0 Å². The van der Waals surface area contributed by atoms with Crippen LogP contribution < -0.4 is 5.32 Å². The molecule has 1 amide bonds. The van der Waals surface area contributed by atoms with Gasteiger partial charge in [-0.2, -0.15) is 0 Å². The fourth-order valence-electron chi connectivity index (χ4n) is 3.03. The number of amides is 1. The molecule has 0 aliphatic carbocycles. The van der Waals surface area contributed by atoms with E-state index in [0.717, 1.165) is 5.56 Å². The summed E-state index contributed by atoms with van der Waals surface area (Å²) in [5.41, 5.74) is 1.01. The third-order valence-electron chi connectivity index (χ3n) is 5.57. The maximum Gasteiger partial charge on any atom is 0.492 e. The molecule has 170 valence electrons. The fourth-order valence-corrected chi connectivity index (χ4v) is 3.70. The first-order valence-electron chi connectivity index (χ1n) is 10.1. The van der Waals surface area contributed by atoms with E-state index in [0.29, 0.717) is 26.1 Å². The molecule has 2 aromatic carbocycles. The second-order valence-electron chi connectivity index (χ2n) is 8.51. The molecule has 5 nitrogen and oxygen atoms in total. The number of rotatable bonds is 6. The van der Waals surface area contributed by atoms with Gasteiger partial charge in [0.2, 0.25) is 0 Å². The number of hydrogen-bond acceptors (Lipinski definition) is 4. The zero-order valence-corrected chi connectivity index (χ0v) is 20.6. The Balaban J connectivity index is 1.79. The molecule has 1 saturated heterocycles. The molecule has 1 N–H and O–H groups in total. The number of carbonyl (C=O) groups excluding carboxylic acids is 1. The van der Waals surface area contributed by atoms with Crippen molar-refractivity contribution in [2.24, 2.45) is 0 Å². The molecule has 3 rings (SSSR count). The Kier molecular flexibility index (Phi) is 7.84. The van der Waals surface area contributed by atoms with Crippen molar-refractivity contribution in [3.63, 3.8) is 0 Å². The van der Waals surface area contributed by atoms with E-state index in [1.54, 1.807) is 18.2 Å². The van der Waals surface area contributed by atoms with E-state index in [1.807, 2.05) is 58.0 Å². The quantitative estimate of drug-likeness (QED) is 0.362. The number of ether oxygens (including phenoxy) is 1. The van der Waals surface area contributed by atoms with Crippen LogP contribution in [0.4, 0.5) is 4.79 Å². The van der Waals surface area contributed by atoms with Gasteiger partial charge in [0, 0.05) is 11.6 Å². The van der Waals surface area contributed by atoms with E-state index < -0.39 is 24.4 Å². The van der Waals surface area contributed by atoms with Gasteiger partial charge in [0.05, 0.1) is 21.2 Å². The highest BCUT2D eigenvalue weighted by atomic mass is 35.5. The molecule has 1 aliphatic rings. The highest BCUT2D eigenvalue weighted by Crippen LogP contribution is 2.39. The lowest BCUT2D eigenvalue weighted by molar-refractivity contribution is 0.00578. The molecule has 1 aliphatic heterocycles. The van der Waals surface area contributed by atoms with Gasteiger partial charge in [0.15, 0.2) is 0 Å². The molecular weight excluding hydrogens is 471 g/mol. The summed E-state index contributed by atoms with van der Waals surface area (Å²) in [5.74, 6) is 0. The Morgan fingerprint density at radius 1 is 1.06 bits per heavy atom. The predicted octanol–water partition coefficient (Wildman–Crippen LogP) is 6.59. The lowest BCUT2D eigenvalue weighted by atomic mass is 9.77. The Hall–Kier alpha value is -1.70. The molecule has 1 fully saturated rings. The van der Waals surface area contributed by atoms with Gasteiger partial charge in [-0.05, 0) is 56.4 Å². The predicted molar refractivity (Wildman–Crippen MR) is 130 cm³/mol. The second-order valence-corrected chi connectivity index (χ2v) is 9.74. The summed E-state index contributed by atoms with van der Waals surface area (Å²) < 4.78 is 17.6. The molecule has 0 atom stereocenters. The lowest BCUT2D eigenvalue weighted by Crippen LogP contribution is -2.41. The standard InChI is InChI=1S/C23H25BCl3NO4/c1-22(2)23(3,4)32-24(31-22)17(10-16-11-18(25)12-19(26)20(16)27)13-28-21(29)30-14-15-8-6-5-7-9-15/h5-12H,13-14H2,1-4H3,(H,28,29). The summed E-state index contributed by atoms with van der Waals surface area (Å²) in [6.45, 7) is 8.10. The maximum absolute atomic E-state index is 12.3. The Bertz CT molecular complexity index is 996. The van der Waals surface area contributed by atoms with Crippen molar-refractivity contribution in [3.8, 4) is 0 Å². The SMILES string of the molecule is CC1(C)OB(C(=Cc2cc(Cl)cc(Cl)c2Cl)CNC(=O)OCc2ccccc2)OC1(C)C. The van der Waals surface area contributed by atoms with Crippen molar-refractivity contribution in [3.05, 3.63) is 74.1 Å². The van der Waals surface area contributed by atoms with Crippen molar-refractivity contribution in [2.45, 2.75) is 45.5 Å². The van der Waals surface area contributed by atoms with Crippen LogP contribution in [0.3, 0.4) is 0 Å². The van der Waals surface area contributed by atoms with Crippen LogP contribution in [0.15, 0.2) is 47.9 Å². The summed E-state index contributed by atoms with van der Waals surface area (Å²) in [5, 5.41) is 3.87. The van der Waals surface area contributed by atoms with Crippen LogP contribution in [0.2, 0.25) is 15.1 Å². The molecule has 0 unspecified atom stereocenters. The minimum Gasteiger partial charge on any atom is -0.445 e. The number of nitrogens with one attached hydrogen (secondary N) is 1. The van der Waals surface area contributed by atoms with Crippen molar-refractivity contribution >= 4 is 54.1 Å². The van der Waals surface area contributed by atoms with Crippen LogP contribution in [0.1, 0.15) is 38.8 Å². The van der Waals surface area contributed by atoms with E-state index in [9.17, 15) is 4.79 Å². The van der Waals surface area contributed by atoms with Gasteiger partial charge >= 0.3 is 13.2 Å². The molecule has 1 heterocycles. The molecule has 32 heavy (non-hydrogen) atoms. The summed E-state index contributed by atoms with van der Waals surface area (Å²) in [7, 11) is -0.705. The lowest BCUT2D eigenvalue weighted by Gasteiger charge is -2.32. The van der Waals surface area contributed by atoms with Crippen LogP contribution in [0.5, 0.6) is 0 Å². The first-order valence-corrected chi connectivity index (χ1v) is 11.3. The van der Waals surface area contributed by atoms with Gasteiger partial charge in [-0.1, -0.05) is 71.2 Å². The molecule has 0 bridgehead atoms. The molecule has 9 heteroatoms. The normalized spacial score (nSPS) is 17.3. The summed E-state index contributed by atoms with van der Waals surface area (Å²) in [6.07, 6.45) is 1.20. The zero-order valence-electron chi connectivity index (χ0n) is 18.4. The topological polar surface area (TPSA) is 56.8 Å². The van der Waals surface area contributed by atoms with Crippen LogP contribution in [0, 0.1) is 0 Å². The van der Waals surface area contributed by atoms with Crippen molar-refractivity contribution in [1.29, 1.82) is 0 Å². The minimum atomic E-state index is -0.705. The number of alkyl carbamates (subject to hydrolysis) is 1. The Morgan fingerprint density at radius 2 is 1.69 bits per heavy atom. The zero-order chi connectivity index (χ0) is 23.5. The fraction of sp³-hybridized carbons (Fsp3) is 0.348. The van der Waals surface area contributed by atoms with E-state index in [4.69, 9.17) is 48.8 Å². The Labute approximate surface area is 204 Å². The average Bonchev–Trinajstić information content (AvgIpc) is 2.94. The van der Waals surface area contributed by atoms with Crippen LogP contribution in [-0.4, -0.2) is 31.0 Å². The van der Waals surface area contributed by atoms with E-state index in [1.165, 1.54) is 0 Å². The molecular formula is C23H25BCl3NO4. The van der Waals surface area contributed by atoms with Gasteiger partial charge in [-0.25, -0.2) is 4.79 Å². The van der Waals surface area contributed by atoms with Gasteiger partial charge in [0.1, 0.15) is 6.61 Å². The molecule has 0 saturated carbocycles. The van der Waals surface area contributed by atoms with Crippen molar-refractivity contribution < 1.29 is 18.8 Å². The van der Waals surface area contributed by atoms with Gasteiger partial charge in [-0.3, -0.25) is 0 Å². The molecule has 0 radical (unpaired) electrons. The third kappa shape index (κ3) is 6.00. The number of benzene rings is 2. The highest BCUT2D eigenvalue weighted by Gasteiger charge is 2.52. The number of hydrogen-bond donors (Lipinski definition) is 1. The average molecular weight is 497 g/mol. The first kappa shape index (κ1) is 24.9. The third-order valence-corrected chi connectivity index (χ3v) is 6.60. The first-order chi connectivity index (χ1) is 15.0. The summed E-state index contributed by atoms with van der Waals surface area (Å²) in [4.78, 5) is 12.3. The van der Waals surface area contributed by atoms with Gasteiger partial charge < -0.3 is 19.4 Å². The van der Waals surface area contributed by atoms with Crippen LogP contribution in [0.25, 0.3) is 6.08 Å². The van der Waals surface area contributed by atoms with Crippen molar-refractivity contribution in [1.82, 2.24) is 5.32 Å². The Morgan fingerprint density at radius 3 is 2.31 bits per heavy atom. The smallest absolute Gasteiger partial charge is 0.445 e. The summed E-state index contributed by atoms with van der Waals surface area (Å²) in [6, 6.07) is 12.7. The van der Waals surface area contributed by atoms with Gasteiger partial charge in [-0.15, -0.1) is 0 Å². The second kappa shape index (κ2) is 10.1. The van der Waals surface area contributed by atoms with E-state index in [2.05, 4.69) is 5.32 Å². The largest absolute Gasteiger partial charge is 0.492 e. The molecule has 0 spiro atoms. The van der Waals surface area contributed by atoms with E-state index >= 15 is 0 Å². The van der Waals surface area contributed by atoms with Crippen molar-refractivity contribution in [2.75, 3.05) is 6.54 Å². The monoisotopic (exact) mass is 495 g/mol. The summed E-state index contributed by atoms with van der Waals surface area (Å²) >= 11 is 18.7. The minimum absolute atomic E-state index is 0.116. The van der Waals surface area contributed by atoms with Crippen LogP contribution in [-0.2, 0) is 20.7 Å². The van der Waals surface area contributed by atoms with Crippen LogP contribution >= 0.6 is 34.8 Å². The molecule has 2 aromatic rings.